The van der Waals surface area contributed by atoms with E-state index in [1.165, 1.54) is 4.88 Å². The molecule has 1 aliphatic rings. The lowest BCUT2D eigenvalue weighted by atomic mass is 10.1. The van der Waals surface area contributed by atoms with E-state index in [1.54, 1.807) is 18.4 Å². The topological polar surface area (TPSA) is 86.7 Å². The number of aromatic nitrogens is 1. The van der Waals surface area contributed by atoms with Crippen molar-refractivity contribution < 1.29 is 21.6 Å². The maximum Gasteiger partial charge on any atom is 0.511 e. The van der Waals surface area contributed by atoms with Crippen molar-refractivity contribution in [1.29, 1.82) is 0 Å². The number of aryl methyl sites for hydroxylation is 1. The maximum atomic E-state index is 12.6. The van der Waals surface area contributed by atoms with Crippen LogP contribution in [0.25, 0.3) is 0 Å². The summed E-state index contributed by atoms with van der Waals surface area (Å²) in [6.45, 7) is 2.36. The highest BCUT2D eigenvalue weighted by Gasteiger charge is 2.50. The molecule has 154 valence electrons. The van der Waals surface area contributed by atoms with E-state index in [2.05, 4.69) is 27.5 Å². The number of nitrogens with zero attached hydrogens (tertiary/aromatic N) is 3. The minimum Gasteiger partial charge on any atom is -0.356 e. The summed E-state index contributed by atoms with van der Waals surface area (Å²) >= 11 is 1.67. The van der Waals surface area contributed by atoms with Crippen LogP contribution in [0, 0.1) is 0 Å². The second-order valence-electron chi connectivity index (χ2n) is 6.09. The minimum atomic E-state index is -5.25. The van der Waals surface area contributed by atoms with Crippen molar-refractivity contribution in [1.82, 2.24) is 19.9 Å². The average molecular weight is 428 g/mol. The fraction of sp³-hybridized carbons (Fsp3) is 0.733. The first-order valence-corrected chi connectivity index (χ1v) is 10.9. The molecule has 0 spiro atoms. The second kappa shape index (κ2) is 9.20. The van der Waals surface area contributed by atoms with Crippen LogP contribution in [-0.2, 0) is 22.9 Å². The Kier molecular flexibility index (Phi) is 7.46. The van der Waals surface area contributed by atoms with Gasteiger partial charge in [0.25, 0.3) is 0 Å². The number of rotatable bonds is 6. The molecule has 0 aromatic carbocycles. The maximum absolute atomic E-state index is 12.6. The summed E-state index contributed by atoms with van der Waals surface area (Å²) < 4.78 is 61.2. The van der Waals surface area contributed by atoms with Gasteiger partial charge in [0.1, 0.15) is 0 Å². The summed E-state index contributed by atoms with van der Waals surface area (Å²) in [4.78, 5) is 9.68. The molecule has 2 heterocycles. The van der Waals surface area contributed by atoms with E-state index >= 15 is 0 Å². The zero-order valence-electron chi connectivity index (χ0n) is 15.2. The summed E-state index contributed by atoms with van der Waals surface area (Å²) in [5.74, 6) is 0.541. The predicted octanol–water partition coefficient (Wildman–Crippen LogP) is 1.73. The van der Waals surface area contributed by atoms with Crippen molar-refractivity contribution in [2.45, 2.75) is 44.2 Å². The van der Waals surface area contributed by atoms with Crippen LogP contribution < -0.4 is 10.6 Å². The van der Waals surface area contributed by atoms with Gasteiger partial charge in [-0.2, -0.15) is 17.5 Å². The van der Waals surface area contributed by atoms with E-state index in [4.69, 9.17) is 0 Å². The largest absolute Gasteiger partial charge is 0.511 e. The van der Waals surface area contributed by atoms with Gasteiger partial charge in [-0.15, -0.1) is 11.3 Å². The van der Waals surface area contributed by atoms with E-state index in [0.29, 0.717) is 16.8 Å². The fourth-order valence-electron chi connectivity index (χ4n) is 2.69. The molecular formula is C15H24F3N5O2S2. The predicted molar refractivity (Wildman–Crippen MR) is 99.3 cm³/mol. The molecule has 12 heteroatoms. The Balaban J connectivity index is 1.77. The van der Waals surface area contributed by atoms with Crippen LogP contribution in [0.1, 0.15) is 29.7 Å². The van der Waals surface area contributed by atoms with Gasteiger partial charge in [0.2, 0.25) is 0 Å². The summed E-state index contributed by atoms with van der Waals surface area (Å²) in [5, 5.41) is 7.32. The van der Waals surface area contributed by atoms with Gasteiger partial charge in [0.05, 0.1) is 5.01 Å². The number of hydrogen-bond donors (Lipinski definition) is 2. The van der Waals surface area contributed by atoms with Crippen molar-refractivity contribution in [3.05, 3.63) is 16.1 Å². The Bertz CT molecular complexity index is 741. The molecule has 27 heavy (non-hydrogen) atoms. The van der Waals surface area contributed by atoms with Crippen LogP contribution >= 0.6 is 11.3 Å². The Morgan fingerprint density at radius 1 is 1.41 bits per heavy atom. The van der Waals surface area contributed by atoms with Crippen molar-refractivity contribution in [2.75, 3.05) is 26.7 Å². The molecule has 1 aromatic rings. The van der Waals surface area contributed by atoms with Crippen LogP contribution in [0.4, 0.5) is 13.2 Å². The Hall–Kier alpha value is -1.40. The van der Waals surface area contributed by atoms with E-state index in [0.717, 1.165) is 17.8 Å². The van der Waals surface area contributed by atoms with E-state index in [1.807, 2.05) is 6.20 Å². The Morgan fingerprint density at radius 3 is 2.59 bits per heavy atom. The molecule has 1 aromatic heterocycles. The summed E-state index contributed by atoms with van der Waals surface area (Å²) in [7, 11) is -3.64. The van der Waals surface area contributed by atoms with Gasteiger partial charge < -0.3 is 10.6 Å². The van der Waals surface area contributed by atoms with Crippen LogP contribution in [0.3, 0.4) is 0 Å². The first kappa shape index (κ1) is 21.9. The SMILES string of the molecule is CCc1cnc(CCNC(=NC)NC2CCN(S(=O)(=O)C(F)(F)F)CC2)s1. The van der Waals surface area contributed by atoms with Gasteiger partial charge in [-0.3, -0.25) is 4.99 Å². The lowest BCUT2D eigenvalue weighted by molar-refractivity contribution is -0.0494. The summed E-state index contributed by atoms with van der Waals surface area (Å²) in [6, 6.07) is -0.137. The van der Waals surface area contributed by atoms with Crippen LogP contribution in [0.15, 0.2) is 11.2 Å². The molecule has 0 unspecified atom stereocenters. The third-order valence-corrected chi connectivity index (χ3v) is 7.06. The first-order valence-electron chi connectivity index (χ1n) is 8.64. The molecule has 0 saturated carbocycles. The van der Waals surface area contributed by atoms with Gasteiger partial charge in [0.15, 0.2) is 5.96 Å². The lowest BCUT2D eigenvalue weighted by Crippen LogP contribution is -2.51. The monoisotopic (exact) mass is 427 g/mol. The smallest absolute Gasteiger partial charge is 0.356 e. The van der Waals surface area contributed by atoms with Crippen LogP contribution in [-0.4, -0.2) is 61.9 Å². The zero-order valence-corrected chi connectivity index (χ0v) is 16.8. The minimum absolute atomic E-state index is 0.137. The number of sulfonamides is 1. The van der Waals surface area contributed by atoms with Crippen LogP contribution in [0.5, 0.6) is 0 Å². The second-order valence-corrected chi connectivity index (χ2v) is 9.22. The number of guanidine groups is 1. The van der Waals surface area contributed by atoms with Gasteiger partial charge >= 0.3 is 15.5 Å². The standard InChI is InChI=1S/C15H24F3N5O2S2/c1-3-12-10-21-13(26-12)4-7-20-14(19-2)22-11-5-8-23(9-6-11)27(24,25)15(16,17)18/h10-11H,3-9H2,1-2H3,(H2,19,20,22). The fourth-order valence-corrected chi connectivity index (χ4v) is 4.54. The number of halogens is 3. The van der Waals surface area contributed by atoms with Gasteiger partial charge in [-0.05, 0) is 19.3 Å². The average Bonchev–Trinajstić information content (AvgIpc) is 3.08. The number of thiazole rings is 1. The van der Waals surface area contributed by atoms with Gasteiger partial charge in [-0.1, -0.05) is 6.92 Å². The quantitative estimate of drug-likeness (QED) is 0.533. The van der Waals surface area contributed by atoms with Crippen molar-refractivity contribution >= 4 is 27.3 Å². The van der Waals surface area contributed by atoms with Gasteiger partial charge in [-0.25, -0.2) is 13.4 Å². The molecule has 7 nitrogen and oxygen atoms in total. The van der Waals surface area contributed by atoms with Crippen LogP contribution in [0.2, 0.25) is 0 Å². The van der Waals surface area contributed by atoms with E-state index < -0.39 is 15.5 Å². The molecule has 0 radical (unpaired) electrons. The summed E-state index contributed by atoms with van der Waals surface area (Å²) in [5.41, 5.74) is -5.25. The molecule has 0 bridgehead atoms. The Labute approximate surface area is 161 Å². The molecule has 0 aliphatic carbocycles. The highest BCUT2D eigenvalue weighted by molar-refractivity contribution is 7.90. The number of aliphatic imine (C=N–C) groups is 1. The molecule has 1 saturated heterocycles. The lowest BCUT2D eigenvalue weighted by Gasteiger charge is -2.32. The Morgan fingerprint density at radius 2 is 2.07 bits per heavy atom. The van der Waals surface area contributed by atoms with Crippen molar-refractivity contribution in [3.63, 3.8) is 0 Å². The third kappa shape index (κ3) is 5.79. The normalized spacial score (nSPS) is 17.9. The number of piperidine rings is 1. The van der Waals surface area contributed by atoms with Crippen molar-refractivity contribution in [3.8, 4) is 0 Å². The highest BCUT2D eigenvalue weighted by atomic mass is 32.2. The van der Waals surface area contributed by atoms with Gasteiger partial charge in [0, 0.05) is 50.2 Å². The number of alkyl halides is 3. The zero-order chi connectivity index (χ0) is 20.1. The molecule has 2 N–H and O–H groups in total. The summed E-state index contributed by atoms with van der Waals surface area (Å²) in [6.07, 6.45) is 4.13. The number of hydrogen-bond acceptors (Lipinski definition) is 5. The third-order valence-electron chi connectivity index (χ3n) is 4.23. The molecule has 1 fully saturated rings. The molecule has 0 amide bonds. The number of nitrogens with one attached hydrogen (secondary N) is 2. The molecule has 1 aliphatic heterocycles. The highest BCUT2D eigenvalue weighted by Crippen LogP contribution is 2.28. The van der Waals surface area contributed by atoms with E-state index in [9.17, 15) is 21.6 Å². The van der Waals surface area contributed by atoms with E-state index in [-0.39, 0.29) is 32.0 Å². The first-order chi connectivity index (χ1) is 12.7. The molecular weight excluding hydrogens is 403 g/mol. The molecule has 0 atom stereocenters. The van der Waals surface area contributed by atoms with Crippen molar-refractivity contribution in [2.24, 2.45) is 4.99 Å². The molecule has 2 rings (SSSR count).